The summed E-state index contributed by atoms with van der Waals surface area (Å²) in [7, 11) is 0. The van der Waals surface area contributed by atoms with E-state index in [0.717, 1.165) is 31.2 Å². The molecule has 4 nitrogen and oxygen atoms in total. The van der Waals surface area contributed by atoms with Gasteiger partial charge >= 0.3 is 0 Å². The summed E-state index contributed by atoms with van der Waals surface area (Å²) in [5, 5.41) is 17.0. The number of nitrogens with zero attached hydrogens (tertiary/aromatic N) is 3. The lowest BCUT2D eigenvalue weighted by Gasteiger charge is -2.07. The first-order valence-electron chi connectivity index (χ1n) is 5.29. The molecule has 1 aromatic heterocycles. The number of aromatic nitrogens is 3. The van der Waals surface area contributed by atoms with Crippen LogP contribution in [0.1, 0.15) is 12.1 Å². The van der Waals surface area contributed by atoms with E-state index in [1.54, 1.807) is 4.68 Å². The monoisotopic (exact) mass is 437 g/mol. The van der Waals surface area contributed by atoms with Gasteiger partial charge in [-0.2, -0.15) is 0 Å². The third kappa shape index (κ3) is 3.20. The molecular formula is C11H10Br3N3O. The second-order valence-corrected chi connectivity index (χ2v) is 6.32. The van der Waals surface area contributed by atoms with Crippen molar-refractivity contribution in [3.05, 3.63) is 37.4 Å². The standard InChI is InChI=1S/C11H10Br3N3O/c12-7-4-9(13)11(10(14)5-7)17-6-8(15-16-17)2-1-3-18/h4-6,18H,1-3H2. The van der Waals surface area contributed by atoms with Gasteiger partial charge in [0.2, 0.25) is 0 Å². The molecule has 0 fully saturated rings. The van der Waals surface area contributed by atoms with Gasteiger partial charge in [0, 0.05) is 20.0 Å². The normalized spacial score (nSPS) is 10.9. The van der Waals surface area contributed by atoms with E-state index in [2.05, 4.69) is 58.1 Å². The number of hydrogen-bond acceptors (Lipinski definition) is 3. The molecule has 1 aromatic carbocycles. The molecule has 0 aliphatic rings. The highest BCUT2D eigenvalue weighted by Crippen LogP contribution is 2.32. The Kier molecular flexibility index (Phi) is 4.94. The molecule has 0 unspecified atom stereocenters. The van der Waals surface area contributed by atoms with Crippen molar-refractivity contribution >= 4 is 47.8 Å². The van der Waals surface area contributed by atoms with Crippen molar-refractivity contribution in [2.45, 2.75) is 12.8 Å². The summed E-state index contributed by atoms with van der Waals surface area (Å²) in [5.41, 5.74) is 1.77. The molecule has 1 N–H and O–H groups in total. The Labute approximate surface area is 130 Å². The van der Waals surface area contributed by atoms with Crippen LogP contribution in [0.25, 0.3) is 5.69 Å². The highest BCUT2D eigenvalue weighted by molar-refractivity contribution is 9.11. The molecule has 2 rings (SSSR count). The molecule has 0 spiro atoms. The summed E-state index contributed by atoms with van der Waals surface area (Å²) < 4.78 is 4.53. The molecule has 0 aliphatic carbocycles. The zero-order valence-corrected chi connectivity index (χ0v) is 14.0. The molecule has 96 valence electrons. The van der Waals surface area contributed by atoms with Gasteiger partial charge in [0.15, 0.2) is 0 Å². The fraction of sp³-hybridized carbons (Fsp3) is 0.273. The molecule has 0 saturated heterocycles. The topological polar surface area (TPSA) is 50.9 Å². The Bertz CT molecular complexity index is 533. The van der Waals surface area contributed by atoms with Crippen LogP contribution >= 0.6 is 47.8 Å². The van der Waals surface area contributed by atoms with E-state index >= 15 is 0 Å². The average Bonchev–Trinajstić information content (AvgIpc) is 2.73. The molecule has 0 bridgehead atoms. The van der Waals surface area contributed by atoms with Crippen molar-refractivity contribution in [2.24, 2.45) is 0 Å². The average molecular weight is 440 g/mol. The highest BCUT2D eigenvalue weighted by Gasteiger charge is 2.11. The largest absolute Gasteiger partial charge is 0.396 e. The van der Waals surface area contributed by atoms with Crippen LogP contribution in [-0.2, 0) is 6.42 Å². The summed E-state index contributed by atoms with van der Waals surface area (Å²) >= 11 is 10.4. The first-order chi connectivity index (χ1) is 8.61. The highest BCUT2D eigenvalue weighted by atomic mass is 79.9. The Morgan fingerprint density at radius 3 is 2.44 bits per heavy atom. The fourth-order valence-electron chi connectivity index (χ4n) is 1.54. The number of benzene rings is 1. The van der Waals surface area contributed by atoms with E-state index < -0.39 is 0 Å². The summed E-state index contributed by atoms with van der Waals surface area (Å²) in [6.07, 6.45) is 3.29. The molecule has 7 heteroatoms. The van der Waals surface area contributed by atoms with E-state index in [1.807, 2.05) is 18.3 Å². The molecule has 0 amide bonds. The minimum Gasteiger partial charge on any atom is -0.396 e. The smallest absolute Gasteiger partial charge is 0.0948 e. The van der Waals surface area contributed by atoms with E-state index in [1.165, 1.54) is 0 Å². The van der Waals surface area contributed by atoms with Gasteiger partial charge in [-0.3, -0.25) is 0 Å². The van der Waals surface area contributed by atoms with Gasteiger partial charge < -0.3 is 5.11 Å². The third-order valence-electron chi connectivity index (χ3n) is 2.34. The summed E-state index contributed by atoms with van der Waals surface area (Å²) in [6, 6.07) is 3.91. The lowest BCUT2D eigenvalue weighted by atomic mass is 10.2. The van der Waals surface area contributed by atoms with Gasteiger partial charge in [-0.1, -0.05) is 21.1 Å². The van der Waals surface area contributed by atoms with Crippen molar-refractivity contribution < 1.29 is 5.11 Å². The van der Waals surface area contributed by atoms with Crippen molar-refractivity contribution in [2.75, 3.05) is 6.61 Å². The molecule has 18 heavy (non-hydrogen) atoms. The lowest BCUT2D eigenvalue weighted by molar-refractivity contribution is 0.288. The van der Waals surface area contributed by atoms with Gasteiger partial charge in [-0.05, 0) is 56.8 Å². The predicted octanol–water partition coefficient (Wildman–Crippen LogP) is 3.48. The van der Waals surface area contributed by atoms with Crippen LogP contribution in [0.2, 0.25) is 0 Å². The number of halogens is 3. The maximum atomic E-state index is 8.79. The first kappa shape index (κ1) is 14.2. The fourth-order valence-corrected chi connectivity index (χ4v) is 4.16. The summed E-state index contributed by atoms with van der Waals surface area (Å²) in [5.74, 6) is 0. The van der Waals surface area contributed by atoms with Crippen LogP contribution in [0.5, 0.6) is 0 Å². The molecule has 0 saturated carbocycles. The second-order valence-electron chi connectivity index (χ2n) is 3.70. The van der Waals surface area contributed by atoms with Gasteiger partial charge in [0.1, 0.15) is 0 Å². The number of aliphatic hydroxyl groups excluding tert-OH is 1. The van der Waals surface area contributed by atoms with Crippen LogP contribution in [-0.4, -0.2) is 26.7 Å². The Balaban J connectivity index is 2.34. The Hall–Kier alpha value is -0.240. The third-order valence-corrected chi connectivity index (χ3v) is 4.01. The molecular weight excluding hydrogens is 430 g/mol. The first-order valence-corrected chi connectivity index (χ1v) is 7.66. The number of aliphatic hydroxyl groups is 1. The van der Waals surface area contributed by atoms with Crippen LogP contribution in [0.15, 0.2) is 31.7 Å². The maximum absolute atomic E-state index is 8.79. The molecule has 0 aliphatic heterocycles. The molecule has 0 radical (unpaired) electrons. The number of aryl methyl sites for hydroxylation is 1. The summed E-state index contributed by atoms with van der Waals surface area (Å²) in [4.78, 5) is 0. The van der Waals surface area contributed by atoms with E-state index in [9.17, 15) is 0 Å². The van der Waals surface area contributed by atoms with E-state index in [0.29, 0.717) is 6.42 Å². The minimum absolute atomic E-state index is 0.165. The molecule has 0 atom stereocenters. The van der Waals surface area contributed by atoms with Crippen molar-refractivity contribution in [3.63, 3.8) is 0 Å². The Morgan fingerprint density at radius 1 is 1.17 bits per heavy atom. The van der Waals surface area contributed by atoms with Crippen LogP contribution in [0, 0.1) is 0 Å². The lowest BCUT2D eigenvalue weighted by Crippen LogP contribution is -1.97. The zero-order chi connectivity index (χ0) is 13.1. The minimum atomic E-state index is 0.165. The second kappa shape index (κ2) is 6.27. The van der Waals surface area contributed by atoms with Gasteiger partial charge in [-0.25, -0.2) is 4.68 Å². The van der Waals surface area contributed by atoms with Crippen LogP contribution in [0.4, 0.5) is 0 Å². The van der Waals surface area contributed by atoms with Gasteiger partial charge in [0.25, 0.3) is 0 Å². The van der Waals surface area contributed by atoms with Crippen LogP contribution < -0.4 is 0 Å². The van der Waals surface area contributed by atoms with Crippen molar-refractivity contribution in [1.82, 2.24) is 15.0 Å². The number of rotatable bonds is 4. The SMILES string of the molecule is OCCCc1cn(-c2c(Br)cc(Br)cc2Br)nn1. The Morgan fingerprint density at radius 2 is 1.83 bits per heavy atom. The summed E-state index contributed by atoms with van der Waals surface area (Å²) in [6.45, 7) is 0.165. The van der Waals surface area contributed by atoms with Gasteiger partial charge in [0.05, 0.1) is 17.6 Å². The molecule has 2 aromatic rings. The number of hydrogen-bond donors (Lipinski definition) is 1. The van der Waals surface area contributed by atoms with Crippen LogP contribution in [0.3, 0.4) is 0 Å². The van der Waals surface area contributed by atoms with Gasteiger partial charge in [-0.15, -0.1) is 5.10 Å². The maximum Gasteiger partial charge on any atom is 0.0948 e. The zero-order valence-electron chi connectivity index (χ0n) is 9.28. The van der Waals surface area contributed by atoms with Crippen molar-refractivity contribution in [3.8, 4) is 5.69 Å². The van der Waals surface area contributed by atoms with E-state index in [-0.39, 0.29) is 6.61 Å². The van der Waals surface area contributed by atoms with E-state index in [4.69, 9.17) is 5.11 Å². The quantitative estimate of drug-likeness (QED) is 0.793. The molecule has 1 heterocycles. The predicted molar refractivity (Wildman–Crippen MR) is 79.9 cm³/mol. The van der Waals surface area contributed by atoms with Crippen molar-refractivity contribution in [1.29, 1.82) is 0 Å².